The monoisotopic (exact) mass is 473 g/mol. The molecule has 0 unspecified atom stereocenters. The molecule has 2 aromatic carbocycles. The van der Waals surface area contributed by atoms with Crippen LogP contribution < -0.4 is 20.7 Å². The number of nitrogens with one attached hydrogen (secondary N) is 3. The van der Waals surface area contributed by atoms with Crippen molar-refractivity contribution in [1.29, 1.82) is 5.26 Å². The van der Waals surface area contributed by atoms with Crippen molar-refractivity contribution in [2.75, 3.05) is 13.6 Å². The summed E-state index contributed by atoms with van der Waals surface area (Å²) in [6, 6.07) is 15.1. The van der Waals surface area contributed by atoms with Crippen LogP contribution in [-0.2, 0) is 5.41 Å². The van der Waals surface area contributed by atoms with Gasteiger partial charge in [-0.3, -0.25) is 15.1 Å². The zero-order chi connectivity index (χ0) is 24.6. The summed E-state index contributed by atoms with van der Waals surface area (Å²) in [6.07, 6.45) is -0.0967. The van der Waals surface area contributed by atoms with E-state index in [0.717, 1.165) is 37.3 Å². The Labute approximate surface area is 196 Å². The first-order valence-corrected chi connectivity index (χ1v) is 10.8. The molecule has 180 valence electrons. The maximum atomic E-state index is 12.9. The van der Waals surface area contributed by atoms with E-state index in [9.17, 15) is 18.0 Å². The lowest BCUT2D eigenvalue weighted by Crippen LogP contribution is -2.49. The third kappa shape index (κ3) is 6.41. The summed E-state index contributed by atoms with van der Waals surface area (Å²) in [7, 11) is 1.58. The summed E-state index contributed by atoms with van der Waals surface area (Å²) in [5, 5.41) is 17.4. The Kier molecular flexibility index (Phi) is 7.99. The first-order valence-electron chi connectivity index (χ1n) is 10.8. The number of nitriles is 1. The number of amides is 1. The van der Waals surface area contributed by atoms with E-state index in [1.54, 1.807) is 7.05 Å². The van der Waals surface area contributed by atoms with E-state index in [1.807, 2.05) is 36.5 Å². The molecule has 3 rings (SSSR count). The number of hydrogen-bond donors (Lipinski definition) is 3. The number of halogens is 3. The molecule has 0 radical (unpaired) electrons. The highest BCUT2D eigenvalue weighted by atomic mass is 19.4. The topological polar surface area (TPSA) is 98.5 Å². The van der Waals surface area contributed by atoms with Gasteiger partial charge in [0.15, 0.2) is 6.19 Å². The lowest BCUT2D eigenvalue weighted by Gasteiger charge is -2.41. The zero-order valence-electron chi connectivity index (χ0n) is 18.7. The molecule has 0 saturated heterocycles. The van der Waals surface area contributed by atoms with Crippen molar-refractivity contribution in [3.05, 3.63) is 65.7 Å². The number of nitrogens with zero attached hydrogens (tertiary/aromatic N) is 2. The highest BCUT2D eigenvalue weighted by molar-refractivity contribution is 5.97. The van der Waals surface area contributed by atoms with Crippen LogP contribution in [0.25, 0.3) is 0 Å². The Morgan fingerprint density at radius 3 is 2.41 bits per heavy atom. The number of guanidine groups is 1. The minimum Gasteiger partial charge on any atom is -0.405 e. The number of carbonyl (C=O) groups excluding carboxylic acids is 1. The van der Waals surface area contributed by atoms with E-state index in [-0.39, 0.29) is 23.6 Å². The van der Waals surface area contributed by atoms with Gasteiger partial charge in [-0.05, 0) is 43.4 Å². The average Bonchev–Trinajstić information content (AvgIpc) is 2.83. The van der Waals surface area contributed by atoms with Gasteiger partial charge in [0.1, 0.15) is 5.75 Å². The Hall–Kier alpha value is -3.74. The standard InChI is InChI=1S/C24H26F3N5O2/c1-29-22(31-16-28)32-18-11-13-23(14-12-18,17-7-3-2-4-8-17)15-30-21(33)19-9-5-6-10-20(19)34-24(25,26)27/h2-10,18H,11-15H2,1H3,(H,30,33)(H2,29,31,32). The Morgan fingerprint density at radius 1 is 1.15 bits per heavy atom. The largest absolute Gasteiger partial charge is 0.573 e. The summed E-state index contributed by atoms with van der Waals surface area (Å²) in [6.45, 7) is 0.258. The van der Waals surface area contributed by atoms with Gasteiger partial charge in [-0.25, -0.2) is 0 Å². The number of ether oxygens (including phenoxy) is 1. The molecule has 0 spiro atoms. The Morgan fingerprint density at radius 2 is 1.79 bits per heavy atom. The van der Waals surface area contributed by atoms with Crippen LogP contribution in [0.15, 0.2) is 59.6 Å². The van der Waals surface area contributed by atoms with Crippen molar-refractivity contribution in [3.8, 4) is 11.9 Å². The van der Waals surface area contributed by atoms with Gasteiger partial charge in [0, 0.05) is 25.0 Å². The minimum atomic E-state index is -4.89. The number of rotatable bonds is 6. The number of para-hydroxylation sites is 1. The van der Waals surface area contributed by atoms with Crippen LogP contribution in [0, 0.1) is 11.5 Å². The SMILES string of the molecule is CN=C(NC#N)NC1CCC(CNC(=O)c2ccccc2OC(F)(F)F)(c2ccccc2)CC1. The number of carbonyl (C=O) groups is 1. The smallest absolute Gasteiger partial charge is 0.405 e. The van der Waals surface area contributed by atoms with Crippen LogP contribution in [0.4, 0.5) is 13.2 Å². The van der Waals surface area contributed by atoms with Gasteiger partial charge >= 0.3 is 6.36 Å². The number of hydrogen-bond acceptors (Lipinski definition) is 4. The van der Waals surface area contributed by atoms with Crippen molar-refractivity contribution in [1.82, 2.24) is 16.0 Å². The summed E-state index contributed by atoms with van der Waals surface area (Å²) < 4.78 is 42.3. The van der Waals surface area contributed by atoms with Crippen molar-refractivity contribution < 1.29 is 22.7 Å². The van der Waals surface area contributed by atoms with E-state index in [1.165, 1.54) is 18.2 Å². The second kappa shape index (κ2) is 10.9. The van der Waals surface area contributed by atoms with Crippen molar-refractivity contribution in [3.63, 3.8) is 0 Å². The number of aliphatic imine (C=N–C) groups is 1. The average molecular weight is 473 g/mol. The van der Waals surface area contributed by atoms with Crippen molar-refractivity contribution >= 4 is 11.9 Å². The van der Waals surface area contributed by atoms with Gasteiger partial charge in [0.2, 0.25) is 5.96 Å². The Bertz CT molecular complexity index is 1040. The van der Waals surface area contributed by atoms with Crippen molar-refractivity contribution in [2.45, 2.75) is 43.5 Å². The molecule has 7 nitrogen and oxygen atoms in total. The highest BCUT2D eigenvalue weighted by Gasteiger charge is 2.38. The predicted molar refractivity (Wildman–Crippen MR) is 121 cm³/mol. The molecule has 0 aliphatic heterocycles. The maximum Gasteiger partial charge on any atom is 0.573 e. The molecule has 34 heavy (non-hydrogen) atoms. The first-order chi connectivity index (χ1) is 16.3. The van der Waals surface area contributed by atoms with Crippen LogP contribution in [0.3, 0.4) is 0 Å². The first kappa shape index (κ1) is 24.9. The van der Waals surface area contributed by atoms with Gasteiger partial charge in [-0.2, -0.15) is 5.26 Å². The van der Waals surface area contributed by atoms with Crippen molar-refractivity contribution in [2.24, 2.45) is 4.99 Å². The fourth-order valence-electron chi connectivity index (χ4n) is 4.29. The molecule has 2 aromatic rings. The molecule has 1 aliphatic carbocycles. The molecule has 0 heterocycles. The lowest BCUT2D eigenvalue weighted by atomic mass is 9.68. The van der Waals surface area contributed by atoms with Gasteiger partial charge in [-0.15, -0.1) is 13.2 Å². The van der Waals surface area contributed by atoms with E-state index in [2.05, 4.69) is 25.7 Å². The second-order valence-corrected chi connectivity index (χ2v) is 8.10. The van der Waals surface area contributed by atoms with Gasteiger partial charge in [0.05, 0.1) is 5.56 Å². The summed E-state index contributed by atoms with van der Waals surface area (Å²) in [5.41, 5.74) is 0.485. The third-order valence-corrected chi connectivity index (χ3v) is 6.01. The molecule has 0 aromatic heterocycles. The van der Waals surface area contributed by atoms with Crippen LogP contribution in [0.2, 0.25) is 0 Å². The minimum absolute atomic E-state index is 0.0907. The normalized spacial score (nSPS) is 20.7. The Balaban J connectivity index is 1.75. The van der Waals surface area contributed by atoms with Gasteiger partial charge in [0.25, 0.3) is 5.91 Å². The molecular formula is C24H26F3N5O2. The molecule has 0 atom stereocenters. The fraction of sp³-hybridized carbons (Fsp3) is 0.375. The molecular weight excluding hydrogens is 447 g/mol. The van der Waals surface area contributed by atoms with E-state index in [4.69, 9.17) is 5.26 Å². The second-order valence-electron chi connectivity index (χ2n) is 8.10. The zero-order valence-corrected chi connectivity index (χ0v) is 18.7. The molecule has 0 bridgehead atoms. The van der Waals surface area contributed by atoms with Crippen LogP contribution >= 0.6 is 0 Å². The predicted octanol–water partition coefficient (Wildman–Crippen LogP) is 3.84. The van der Waals surface area contributed by atoms with Crippen LogP contribution in [-0.4, -0.2) is 37.9 Å². The highest BCUT2D eigenvalue weighted by Crippen LogP contribution is 2.39. The van der Waals surface area contributed by atoms with Gasteiger partial charge < -0.3 is 15.4 Å². The lowest BCUT2D eigenvalue weighted by molar-refractivity contribution is -0.274. The number of benzene rings is 2. The maximum absolute atomic E-state index is 12.9. The van der Waals surface area contributed by atoms with Crippen LogP contribution in [0.1, 0.15) is 41.6 Å². The van der Waals surface area contributed by atoms with E-state index in [0.29, 0.717) is 5.96 Å². The molecule has 1 amide bonds. The van der Waals surface area contributed by atoms with Crippen LogP contribution in [0.5, 0.6) is 5.75 Å². The molecule has 1 saturated carbocycles. The molecule has 10 heteroatoms. The molecule has 1 fully saturated rings. The summed E-state index contributed by atoms with van der Waals surface area (Å²) >= 11 is 0. The number of alkyl halides is 3. The summed E-state index contributed by atoms with van der Waals surface area (Å²) in [4.78, 5) is 16.9. The molecule has 1 aliphatic rings. The molecule has 3 N–H and O–H groups in total. The fourth-order valence-corrected chi connectivity index (χ4v) is 4.29. The van der Waals surface area contributed by atoms with E-state index >= 15 is 0 Å². The quantitative estimate of drug-likeness (QED) is 0.256. The van der Waals surface area contributed by atoms with E-state index < -0.39 is 18.0 Å². The third-order valence-electron chi connectivity index (χ3n) is 6.01. The summed E-state index contributed by atoms with van der Waals surface area (Å²) in [5.74, 6) is -0.770. The van der Waals surface area contributed by atoms with Gasteiger partial charge in [-0.1, -0.05) is 42.5 Å².